The van der Waals surface area contributed by atoms with Crippen molar-refractivity contribution < 1.29 is 50.4 Å². The fourth-order valence-electron chi connectivity index (χ4n) is 14.7. The Bertz CT molecular complexity index is 1760. The van der Waals surface area contributed by atoms with Crippen LogP contribution < -0.4 is 0 Å². The number of carbonyl (C=O) groups excluding carboxylic acids is 1. The van der Waals surface area contributed by atoms with Crippen LogP contribution in [0, 0.1) is 45.3 Å². The van der Waals surface area contributed by atoms with E-state index in [1.54, 1.807) is 6.08 Å². The summed E-state index contributed by atoms with van der Waals surface area (Å²) in [5.74, 6) is -3.61. The van der Waals surface area contributed by atoms with Crippen LogP contribution >= 0.6 is 0 Å². The summed E-state index contributed by atoms with van der Waals surface area (Å²) in [6, 6.07) is 4.09. The summed E-state index contributed by atoms with van der Waals surface area (Å²) in [5, 5.41) is 94.7. The number of aliphatic hydroxyl groups is 6. The van der Waals surface area contributed by atoms with E-state index in [1.807, 2.05) is 20.8 Å². The predicted molar refractivity (Wildman–Crippen MR) is 184 cm³/mol. The number of ketones is 1. The van der Waals surface area contributed by atoms with Crippen molar-refractivity contribution in [2.75, 3.05) is 6.61 Å². The molecule has 6 saturated carbocycles. The van der Waals surface area contributed by atoms with Crippen LogP contribution in [-0.2, 0) is 9.53 Å². The monoisotopic (exact) mass is 706 g/mol. The number of allylic oxidation sites excluding steroid dienone is 2. The third-order valence-corrected chi connectivity index (χ3v) is 17.4. The second kappa shape index (κ2) is 10.1. The fourth-order valence-corrected chi connectivity index (χ4v) is 14.7. The summed E-state index contributed by atoms with van der Waals surface area (Å²) in [6.45, 7) is 7.78. The van der Waals surface area contributed by atoms with Gasteiger partial charge in [0.25, 0.3) is 0 Å². The highest BCUT2D eigenvalue weighted by molar-refractivity contribution is 5.96. The number of fused-ring (bicyclic) bond motifs is 8. The molecule has 1 saturated heterocycles. The fraction of sp³-hybridized carbons (Fsp3) is 0.732. The lowest BCUT2D eigenvalue weighted by atomic mass is 9.38. The van der Waals surface area contributed by atoms with E-state index < -0.39 is 74.7 Å². The van der Waals surface area contributed by atoms with E-state index in [9.17, 15) is 45.6 Å². The van der Waals surface area contributed by atoms with E-state index in [2.05, 4.69) is 19.1 Å². The van der Waals surface area contributed by atoms with Crippen LogP contribution in [0.5, 0.6) is 11.5 Å². The van der Waals surface area contributed by atoms with Crippen LogP contribution in [-0.4, -0.2) is 94.0 Å². The van der Waals surface area contributed by atoms with Gasteiger partial charge in [0, 0.05) is 60.0 Å². The average molecular weight is 707 g/mol. The number of aromatic hydroxyl groups is 2. The zero-order valence-corrected chi connectivity index (χ0v) is 30.0. The van der Waals surface area contributed by atoms with Crippen LogP contribution in [0.25, 0.3) is 0 Å². The molecule has 278 valence electrons. The zero-order chi connectivity index (χ0) is 36.5. The normalized spacial score (nSPS) is 56.4. The number of aliphatic hydroxyl groups excluding tert-OH is 3. The van der Waals surface area contributed by atoms with E-state index in [0.29, 0.717) is 36.8 Å². The molecule has 51 heavy (non-hydrogen) atoms. The second-order valence-electron chi connectivity index (χ2n) is 19.0. The van der Waals surface area contributed by atoms with Gasteiger partial charge in [-0.2, -0.15) is 0 Å². The molecule has 0 radical (unpaired) electrons. The average Bonchev–Trinajstić information content (AvgIpc) is 3.34. The summed E-state index contributed by atoms with van der Waals surface area (Å²) in [7, 11) is 0. The standard InChI is InChI=1S/C41H54O10/c1-21-33(47)41(23-5-7-34(21,2)8-6-23)39(49,13-14-42)32-27(51-41)19-40(50)28-18-26(45)31-30(22-15-24(43)17-25(44)16-22)38(48)12-11-37(28,10-9-35(32,40)3)36(31,4)20-29(38)46/h5,7,15-18,21,23,27,29-33,42-44,46-50H,6,8-14,19-20H2,1-4H3/t21-,23-,27-,29-,30+,31-,32+,33-,34-,35+,36-,37+,38-,39+,40-,41-/m0/s1. The topological polar surface area (TPSA) is 188 Å². The summed E-state index contributed by atoms with van der Waals surface area (Å²) in [6.07, 6.45) is 6.17. The molecule has 10 aliphatic rings. The summed E-state index contributed by atoms with van der Waals surface area (Å²) >= 11 is 0. The molecule has 0 unspecified atom stereocenters. The highest BCUT2D eigenvalue weighted by Gasteiger charge is 2.84. The summed E-state index contributed by atoms with van der Waals surface area (Å²) < 4.78 is 7.13. The molecular formula is C41H54O10. The molecule has 0 aromatic heterocycles. The minimum absolute atomic E-state index is 0.0365. The van der Waals surface area contributed by atoms with Crippen molar-refractivity contribution in [3.05, 3.63) is 47.6 Å². The molecule has 1 aromatic rings. The lowest BCUT2D eigenvalue weighted by molar-refractivity contribution is -0.247. The van der Waals surface area contributed by atoms with Crippen LogP contribution in [0.15, 0.2) is 42.0 Å². The second-order valence-corrected chi connectivity index (χ2v) is 19.0. The van der Waals surface area contributed by atoms with Crippen molar-refractivity contribution in [1.29, 1.82) is 0 Å². The molecule has 7 fully saturated rings. The summed E-state index contributed by atoms with van der Waals surface area (Å²) in [5.41, 5.74) is -8.46. The Labute approximate surface area is 298 Å². The van der Waals surface area contributed by atoms with E-state index in [0.717, 1.165) is 6.42 Å². The molecule has 11 rings (SSSR count). The lowest BCUT2D eigenvalue weighted by Gasteiger charge is -2.67. The first-order valence-corrected chi connectivity index (χ1v) is 19.1. The van der Waals surface area contributed by atoms with Crippen LogP contribution in [0.1, 0.15) is 97.0 Å². The number of phenols is 2. The molecule has 10 nitrogen and oxygen atoms in total. The maximum absolute atomic E-state index is 14.7. The molecule has 1 heterocycles. The van der Waals surface area contributed by atoms with Gasteiger partial charge in [-0.3, -0.25) is 4.79 Å². The Balaban J connectivity index is 1.19. The third-order valence-electron chi connectivity index (χ3n) is 17.4. The first-order valence-electron chi connectivity index (χ1n) is 19.1. The lowest BCUT2D eigenvalue weighted by Crippen LogP contribution is -2.70. The van der Waals surface area contributed by atoms with E-state index in [-0.39, 0.29) is 66.8 Å². The van der Waals surface area contributed by atoms with Gasteiger partial charge in [-0.05, 0) is 91.0 Å². The minimum atomic E-state index is -1.73. The first kappa shape index (κ1) is 34.5. The maximum Gasteiger partial charge on any atom is 0.160 e. The third kappa shape index (κ3) is 3.63. The SMILES string of the molecule is C[C@H]1[C@H](O)[C@@]2(O[C@H]3C[C@]4(O)C5=CC(=O)[C@H]6[C@@H](c7cc(O)cc(O)c7)[C@]7(O)CC[C@@]5(CC[C@]4(C)[C@@H]3[C@]2(O)CCO)[C@@]6(C)C[C@@H]7O)[C@H]2C=C[C@@]1(C)CC2. The van der Waals surface area contributed by atoms with Crippen molar-refractivity contribution in [2.24, 2.45) is 45.3 Å². The van der Waals surface area contributed by atoms with Gasteiger partial charge in [0.15, 0.2) is 5.78 Å². The molecule has 9 aliphatic carbocycles. The molecule has 1 aliphatic heterocycles. The number of rotatable bonds is 3. The molecule has 0 amide bonds. The molecular weight excluding hydrogens is 652 g/mol. The van der Waals surface area contributed by atoms with Gasteiger partial charge in [-0.25, -0.2) is 0 Å². The Morgan fingerprint density at radius 1 is 0.882 bits per heavy atom. The van der Waals surface area contributed by atoms with Crippen molar-refractivity contribution in [3.63, 3.8) is 0 Å². The highest BCUT2D eigenvalue weighted by Crippen LogP contribution is 2.80. The minimum Gasteiger partial charge on any atom is -0.508 e. The van der Waals surface area contributed by atoms with Crippen LogP contribution in [0.4, 0.5) is 0 Å². The van der Waals surface area contributed by atoms with Gasteiger partial charge in [-0.15, -0.1) is 0 Å². The Hall–Kier alpha value is -2.31. The summed E-state index contributed by atoms with van der Waals surface area (Å²) in [4.78, 5) is 14.7. The Morgan fingerprint density at radius 3 is 2.22 bits per heavy atom. The maximum atomic E-state index is 14.7. The largest absolute Gasteiger partial charge is 0.508 e. The van der Waals surface area contributed by atoms with Crippen LogP contribution in [0.2, 0.25) is 0 Å². The van der Waals surface area contributed by atoms with Gasteiger partial charge in [-0.1, -0.05) is 39.8 Å². The smallest absolute Gasteiger partial charge is 0.160 e. The Morgan fingerprint density at radius 2 is 1.57 bits per heavy atom. The first-order chi connectivity index (χ1) is 23.8. The molecule has 8 N–H and O–H groups in total. The quantitative estimate of drug-likeness (QED) is 0.217. The number of carbonyl (C=O) groups is 1. The van der Waals surface area contributed by atoms with Gasteiger partial charge in [0.1, 0.15) is 22.7 Å². The van der Waals surface area contributed by atoms with Crippen molar-refractivity contribution in [3.8, 4) is 11.5 Å². The Kier molecular flexibility index (Phi) is 6.79. The predicted octanol–water partition coefficient (Wildman–Crippen LogP) is 3.37. The van der Waals surface area contributed by atoms with E-state index in [4.69, 9.17) is 4.74 Å². The molecule has 6 bridgehead atoms. The number of hydrogen-bond donors (Lipinski definition) is 8. The molecule has 2 spiro atoms. The van der Waals surface area contributed by atoms with Gasteiger partial charge in [0.2, 0.25) is 0 Å². The van der Waals surface area contributed by atoms with Crippen molar-refractivity contribution in [2.45, 2.75) is 132 Å². The van der Waals surface area contributed by atoms with E-state index >= 15 is 0 Å². The van der Waals surface area contributed by atoms with Gasteiger partial charge >= 0.3 is 0 Å². The molecule has 10 heteroatoms. The highest BCUT2D eigenvalue weighted by atomic mass is 16.6. The van der Waals surface area contributed by atoms with E-state index in [1.165, 1.54) is 18.2 Å². The number of ether oxygens (including phenoxy) is 1. The van der Waals surface area contributed by atoms with Crippen molar-refractivity contribution >= 4 is 5.78 Å². The number of phenolic OH excluding ortho intramolecular Hbond substituents is 2. The van der Waals surface area contributed by atoms with Gasteiger partial charge < -0.3 is 45.6 Å². The number of benzene rings is 1. The molecule has 1 aromatic carbocycles. The zero-order valence-electron chi connectivity index (χ0n) is 30.0. The van der Waals surface area contributed by atoms with Crippen LogP contribution in [0.3, 0.4) is 0 Å². The van der Waals surface area contributed by atoms with Crippen molar-refractivity contribution in [1.82, 2.24) is 0 Å². The van der Waals surface area contributed by atoms with Gasteiger partial charge in [0.05, 0.1) is 29.5 Å². The number of hydrogen-bond acceptors (Lipinski definition) is 10. The molecule has 16 atom stereocenters.